The first kappa shape index (κ1) is 24.9. The summed E-state index contributed by atoms with van der Waals surface area (Å²) < 4.78 is 5.90. The molecule has 1 heterocycles. The quantitative estimate of drug-likeness (QED) is 0.579. The molecule has 0 spiro atoms. The van der Waals surface area contributed by atoms with E-state index in [2.05, 4.69) is 29.4 Å². The lowest BCUT2D eigenvalue weighted by atomic mass is 10.1. The number of aliphatic hydroxyl groups is 1. The predicted octanol–water partition coefficient (Wildman–Crippen LogP) is 1.59. The van der Waals surface area contributed by atoms with Crippen molar-refractivity contribution in [3.05, 3.63) is 29.8 Å². The first-order valence-electron chi connectivity index (χ1n) is 8.76. The average Bonchev–Trinajstić information content (AvgIpc) is 3.04. The molecule has 1 aromatic rings. The minimum absolute atomic E-state index is 0. The number of amides is 1. The lowest BCUT2D eigenvalue weighted by Gasteiger charge is -2.19. The van der Waals surface area contributed by atoms with Crippen LogP contribution in [0.1, 0.15) is 25.8 Å². The summed E-state index contributed by atoms with van der Waals surface area (Å²) in [4.78, 5) is 14.4. The van der Waals surface area contributed by atoms with Crippen LogP contribution in [-0.2, 0) is 11.3 Å². The SMILES string of the molecule is CCN(CC)CCOc1ccccc1CNC(=O)C1CC(O)CN1.Cl.Cl. The molecule has 6 nitrogen and oxygen atoms in total. The number of likely N-dealkylation sites (N-methyl/N-ethyl adjacent to an activating group) is 1. The van der Waals surface area contributed by atoms with E-state index in [1.807, 2.05) is 24.3 Å². The van der Waals surface area contributed by atoms with Crippen molar-refractivity contribution >= 4 is 30.7 Å². The van der Waals surface area contributed by atoms with Gasteiger partial charge in [-0.1, -0.05) is 32.0 Å². The third-order valence-corrected chi connectivity index (χ3v) is 4.41. The summed E-state index contributed by atoms with van der Waals surface area (Å²) in [5.74, 6) is 0.730. The molecular weight excluding hydrogens is 377 g/mol. The fraction of sp³-hybridized carbons (Fsp3) is 0.611. The van der Waals surface area contributed by atoms with E-state index in [1.165, 1.54) is 0 Å². The molecule has 1 aliphatic rings. The van der Waals surface area contributed by atoms with Gasteiger partial charge in [0.1, 0.15) is 12.4 Å². The van der Waals surface area contributed by atoms with Gasteiger partial charge >= 0.3 is 0 Å². The van der Waals surface area contributed by atoms with Gasteiger partial charge in [0.15, 0.2) is 0 Å². The van der Waals surface area contributed by atoms with Gasteiger partial charge in [-0.15, -0.1) is 24.8 Å². The lowest BCUT2D eigenvalue weighted by Crippen LogP contribution is -2.40. The van der Waals surface area contributed by atoms with E-state index in [0.717, 1.165) is 30.9 Å². The zero-order chi connectivity index (χ0) is 17.4. The van der Waals surface area contributed by atoms with Gasteiger partial charge in [-0.3, -0.25) is 4.79 Å². The molecule has 2 unspecified atom stereocenters. The van der Waals surface area contributed by atoms with Crippen LogP contribution in [0.15, 0.2) is 24.3 Å². The molecule has 0 aliphatic carbocycles. The van der Waals surface area contributed by atoms with Crippen LogP contribution in [0.25, 0.3) is 0 Å². The summed E-state index contributed by atoms with van der Waals surface area (Å²) in [6.07, 6.45) is 0.0323. The Morgan fingerprint density at radius 1 is 1.31 bits per heavy atom. The van der Waals surface area contributed by atoms with Crippen LogP contribution in [0, 0.1) is 0 Å². The van der Waals surface area contributed by atoms with Gasteiger partial charge in [0.25, 0.3) is 0 Å². The molecule has 8 heteroatoms. The number of hydrogen-bond acceptors (Lipinski definition) is 5. The maximum Gasteiger partial charge on any atom is 0.237 e. The van der Waals surface area contributed by atoms with Gasteiger partial charge < -0.3 is 25.4 Å². The molecule has 1 fully saturated rings. The van der Waals surface area contributed by atoms with Crippen LogP contribution in [0.4, 0.5) is 0 Å². The number of aliphatic hydroxyl groups excluding tert-OH is 1. The molecule has 2 rings (SSSR count). The van der Waals surface area contributed by atoms with E-state index >= 15 is 0 Å². The second kappa shape index (κ2) is 13.2. The van der Waals surface area contributed by atoms with E-state index in [9.17, 15) is 9.90 Å². The van der Waals surface area contributed by atoms with Crippen molar-refractivity contribution in [1.82, 2.24) is 15.5 Å². The number of nitrogens with zero attached hydrogens (tertiary/aromatic N) is 1. The summed E-state index contributed by atoms with van der Waals surface area (Å²) in [6, 6.07) is 7.46. The van der Waals surface area contributed by atoms with Crippen LogP contribution in [0.5, 0.6) is 5.75 Å². The topological polar surface area (TPSA) is 73.8 Å². The summed E-state index contributed by atoms with van der Waals surface area (Å²) in [6.45, 7) is 8.72. The van der Waals surface area contributed by atoms with Crippen LogP contribution in [-0.4, -0.2) is 60.8 Å². The normalized spacial score (nSPS) is 18.8. The Morgan fingerprint density at radius 2 is 2.00 bits per heavy atom. The molecule has 1 amide bonds. The second-order valence-corrected chi connectivity index (χ2v) is 6.05. The van der Waals surface area contributed by atoms with Crippen molar-refractivity contribution in [2.24, 2.45) is 0 Å². The maximum atomic E-state index is 12.1. The first-order chi connectivity index (χ1) is 11.6. The highest BCUT2D eigenvalue weighted by Crippen LogP contribution is 2.18. The van der Waals surface area contributed by atoms with Gasteiger partial charge in [-0.05, 0) is 25.6 Å². The summed E-state index contributed by atoms with van der Waals surface area (Å²) in [5.41, 5.74) is 0.962. The number of rotatable bonds is 9. The van der Waals surface area contributed by atoms with E-state index in [-0.39, 0.29) is 36.8 Å². The third-order valence-electron chi connectivity index (χ3n) is 4.41. The van der Waals surface area contributed by atoms with Gasteiger partial charge in [0.05, 0.1) is 12.1 Å². The fourth-order valence-electron chi connectivity index (χ4n) is 2.84. The van der Waals surface area contributed by atoms with E-state index in [0.29, 0.717) is 26.1 Å². The van der Waals surface area contributed by atoms with Crippen molar-refractivity contribution in [2.45, 2.75) is 39.0 Å². The average molecular weight is 408 g/mol. The number of nitrogens with one attached hydrogen (secondary N) is 2. The molecule has 3 N–H and O–H groups in total. The molecule has 1 saturated heterocycles. The van der Waals surface area contributed by atoms with Gasteiger partial charge in [-0.25, -0.2) is 0 Å². The minimum Gasteiger partial charge on any atom is -0.492 e. The van der Waals surface area contributed by atoms with Gasteiger partial charge in [0, 0.05) is 25.2 Å². The number of para-hydroxylation sites is 1. The van der Waals surface area contributed by atoms with E-state index in [4.69, 9.17) is 4.74 Å². The largest absolute Gasteiger partial charge is 0.492 e. The highest BCUT2D eigenvalue weighted by Gasteiger charge is 2.27. The Morgan fingerprint density at radius 3 is 2.62 bits per heavy atom. The van der Waals surface area contributed by atoms with Crippen LogP contribution in [0.2, 0.25) is 0 Å². The summed E-state index contributed by atoms with van der Waals surface area (Å²) in [5, 5.41) is 15.4. The number of ether oxygens (including phenoxy) is 1. The Bertz CT molecular complexity index is 530. The van der Waals surface area contributed by atoms with Gasteiger partial charge in [-0.2, -0.15) is 0 Å². The Balaban J connectivity index is 0.00000312. The highest BCUT2D eigenvalue weighted by atomic mass is 35.5. The molecule has 0 bridgehead atoms. The number of halogens is 2. The van der Waals surface area contributed by atoms with E-state index < -0.39 is 6.10 Å². The van der Waals surface area contributed by atoms with Crippen molar-refractivity contribution in [3.8, 4) is 5.75 Å². The Labute approximate surface area is 168 Å². The molecule has 1 aromatic carbocycles. The second-order valence-electron chi connectivity index (χ2n) is 6.05. The fourth-order valence-corrected chi connectivity index (χ4v) is 2.84. The summed E-state index contributed by atoms with van der Waals surface area (Å²) >= 11 is 0. The van der Waals surface area contributed by atoms with Crippen LogP contribution in [0.3, 0.4) is 0 Å². The molecular formula is C18H31Cl2N3O3. The molecule has 150 valence electrons. The predicted molar refractivity (Wildman–Crippen MR) is 108 cm³/mol. The molecule has 1 aliphatic heterocycles. The van der Waals surface area contributed by atoms with Gasteiger partial charge in [0.2, 0.25) is 5.91 Å². The zero-order valence-electron chi connectivity index (χ0n) is 15.4. The summed E-state index contributed by atoms with van der Waals surface area (Å²) in [7, 11) is 0. The number of β-amino-alcohol motifs (C(OH)–C–C–N with tert-alkyl or cyclic N) is 1. The Kier molecular flexibility index (Phi) is 12.6. The number of benzene rings is 1. The van der Waals surface area contributed by atoms with Crippen molar-refractivity contribution in [3.63, 3.8) is 0 Å². The minimum atomic E-state index is -0.434. The number of hydrogen-bond donors (Lipinski definition) is 3. The van der Waals surface area contributed by atoms with Crippen molar-refractivity contribution in [1.29, 1.82) is 0 Å². The smallest absolute Gasteiger partial charge is 0.237 e. The zero-order valence-corrected chi connectivity index (χ0v) is 17.1. The number of carbonyl (C=O) groups is 1. The highest BCUT2D eigenvalue weighted by molar-refractivity contribution is 5.85. The third kappa shape index (κ3) is 7.68. The van der Waals surface area contributed by atoms with E-state index in [1.54, 1.807) is 0 Å². The van der Waals surface area contributed by atoms with Crippen LogP contribution >= 0.6 is 24.8 Å². The molecule has 0 radical (unpaired) electrons. The van der Waals surface area contributed by atoms with Crippen molar-refractivity contribution < 1.29 is 14.6 Å². The number of carbonyl (C=O) groups excluding carboxylic acids is 1. The van der Waals surface area contributed by atoms with Crippen LogP contribution < -0.4 is 15.4 Å². The molecule has 0 saturated carbocycles. The Hall–Kier alpha value is -1.05. The van der Waals surface area contributed by atoms with Crippen molar-refractivity contribution in [2.75, 3.05) is 32.8 Å². The standard InChI is InChI=1S/C18H29N3O3.2ClH/c1-3-21(4-2)9-10-24-17-8-6-5-7-14(17)12-20-18(23)16-11-15(22)13-19-16;;/h5-8,15-16,19,22H,3-4,9-13H2,1-2H3,(H,20,23);2*1H. The molecule has 0 aromatic heterocycles. The lowest BCUT2D eigenvalue weighted by molar-refractivity contribution is -0.123. The monoisotopic (exact) mass is 407 g/mol. The first-order valence-corrected chi connectivity index (χ1v) is 8.76. The molecule has 26 heavy (non-hydrogen) atoms. The maximum absolute atomic E-state index is 12.1. The molecule has 2 atom stereocenters.